The highest BCUT2D eigenvalue weighted by atomic mass is 79.9. The fraction of sp³-hybridized carbons (Fsp3) is 0.235. The molecule has 21 heavy (non-hydrogen) atoms. The lowest BCUT2D eigenvalue weighted by Crippen LogP contribution is -2.06. The van der Waals surface area contributed by atoms with E-state index in [0.29, 0.717) is 5.56 Å². The van der Waals surface area contributed by atoms with E-state index in [9.17, 15) is 4.79 Å². The zero-order chi connectivity index (χ0) is 15.4. The summed E-state index contributed by atoms with van der Waals surface area (Å²) in [5.41, 5.74) is 2.38. The van der Waals surface area contributed by atoms with Gasteiger partial charge in [0.2, 0.25) is 0 Å². The molecule has 4 heteroatoms. The van der Waals surface area contributed by atoms with Gasteiger partial charge in [0.1, 0.15) is 5.75 Å². The lowest BCUT2D eigenvalue weighted by atomic mass is 10.0. The summed E-state index contributed by atoms with van der Waals surface area (Å²) in [6, 6.07) is 13.2. The third-order valence-corrected chi connectivity index (χ3v) is 3.39. The summed E-state index contributed by atoms with van der Waals surface area (Å²) in [7, 11) is 1.38. The van der Waals surface area contributed by atoms with E-state index in [1.54, 1.807) is 6.07 Å². The van der Waals surface area contributed by atoms with Crippen LogP contribution in [0.5, 0.6) is 5.75 Å². The first-order valence-corrected chi connectivity index (χ1v) is 7.45. The second-order valence-corrected chi connectivity index (χ2v) is 5.80. The minimum atomic E-state index is -0.347. The van der Waals surface area contributed by atoms with Gasteiger partial charge >= 0.3 is 5.97 Å². The number of carbonyl (C=O) groups is 1. The first-order valence-electron chi connectivity index (χ1n) is 6.66. The van der Waals surface area contributed by atoms with Gasteiger partial charge in [0, 0.05) is 10.0 Å². The average molecular weight is 349 g/mol. The van der Waals surface area contributed by atoms with Crippen LogP contribution in [0.3, 0.4) is 0 Å². The Labute approximate surface area is 133 Å². The highest BCUT2D eigenvalue weighted by Gasteiger charge is 2.12. The van der Waals surface area contributed by atoms with Gasteiger partial charge in [-0.3, -0.25) is 0 Å². The third kappa shape index (κ3) is 3.85. The fourth-order valence-electron chi connectivity index (χ4n) is 2.02. The summed E-state index contributed by atoms with van der Waals surface area (Å²) in [6.07, 6.45) is 0.0711. The Kier molecular flexibility index (Phi) is 5.02. The first kappa shape index (κ1) is 15.6. The number of methoxy groups -OCH3 is 1. The Morgan fingerprint density at radius 1 is 1.14 bits per heavy atom. The molecule has 0 aliphatic rings. The van der Waals surface area contributed by atoms with E-state index >= 15 is 0 Å². The van der Waals surface area contributed by atoms with Gasteiger partial charge in [-0.15, -0.1) is 0 Å². The van der Waals surface area contributed by atoms with Crippen LogP contribution in [0.1, 0.15) is 24.2 Å². The number of rotatable bonds is 4. The topological polar surface area (TPSA) is 35.5 Å². The Balaban J connectivity index is 2.48. The molecule has 0 aliphatic heterocycles. The molecule has 2 aromatic carbocycles. The number of benzene rings is 2. The van der Waals surface area contributed by atoms with E-state index in [0.717, 1.165) is 21.3 Å². The van der Waals surface area contributed by atoms with Crippen LogP contribution in [0.2, 0.25) is 0 Å². The van der Waals surface area contributed by atoms with Crippen molar-refractivity contribution in [2.45, 2.75) is 20.0 Å². The highest BCUT2D eigenvalue weighted by Crippen LogP contribution is 2.33. The van der Waals surface area contributed by atoms with Crippen molar-refractivity contribution in [3.63, 3.8) is 0 Å². The van der Waals surface area contributed by atoms with E-state index in [4.69, 9.17) is 9.47 Å². The van der Waals surface area contributed by atoms with Crippen LogP contribution < -0.4 is 4.74 Å². The first-order chi connectivity index (χ1) is 10.0. The van der Waals surface area contributed by atoms with Crippen LogP contribution in [-0.4, -0.2) is 19.2 Å². The minimum Gasteiger partial charge on any atom is -0.490 e. The summed E-state index contributed by atoms with van der Waals surface area (Å²) >= 11 is 3.45. The van der Waals surface area contributed by atoms with Crippen LogP contribution >= 0.6 is 15.9 Å². The molecule has 0 saturated heterocycles. The molecule has 0 unspecified atom stereocenters. The molecule has 0 N–H and O–H groups in total. The van der Waals surface area contributed by atoms with Crippen LogP contribution in [-0.2, 0) is 4.74 Å². The number of ether oxygens (including phenoxy) is 2. The molecule has 0 radical (unpaired) electrons. The van der Waals surface area contributed by atoms with Gasteiger partial charge in [-0.25, -0.2) is 4.79 Å². The summed E-state index contributed by atoms with van der Waals surface area (Å²) in [5.74, 6) is 0.432. The van der Waals surface area contributed by atoms with Crippen molar-refractivity contribution in [2.75, 3.05) is 7.11 Å². The molecule has 0 fully saturated rings. The molecule has 0 saturated carbocycles. The highest BCUT2D eigenvalue weighted by molar-refractivity contribution is 9.10. The van der Waals surface area contributed by atoms with Gasteiger partial charge in [0.25, 0.3) is 0 Å². The van der Waals surface area contributed by atoms with Gasteiger partial charge in [0.05, 0.1) is 18.8 Å². The van der Waals surface area contributed by atoms with Gasteiger partial charge < -0.3 is 9.47 Å². The maximum atomic E-state index is 11.7. The quantitative estimate of drug-likeness (QED) is 0.752. The standard InChI is InChI=1S/C17H17BrO3/c1-11(2)21-16-10-14(18)7-8-15(16)12-5-4-6-13(9-12)17(19)20-3/h4-11H,1-3H3. The van der Waals surface area contributed by atoms with Crippen molar-refractivity contribution in [1.29, 1.82) is 0 Å². The van der Waals surface area contributed by atoms with Crippen molar-refractivity contribution in [3.8, 4) is 16.9 Å². The van der Waals surface area contributed by atoms with Crippen molar-refractivity contribution < 1.29 is 14.3 Å². The Morgan fingerprint density at radius 3 is 2.57 bits per heavy atom. The van der Waals surface area contributed by atoms with E-state index < -0.39 is 0 Å². The predicted molar refractivity (Wildman–Crippen MR) is 86.7 cm³/mol. The zero-order valence-electron chi connectivity index (χ0n) is 12.2. The van der Waals surface area contributed by atoms with Crippen LogP contribution in [0.4, 0.5) is 0 Å². The van der Waals surface area contributed by atoms with Gasteiger partial charge in [-0.1, -0.05) is 28.1 Å². The second-order valence-electron chi connectivity index (χ2n) is 4.88. The van der Waals surface area contributed by atoms with Gasteiger partial charge in [0.15, 0.2) is 0 Å². The number of hydrogen-bond acceptors (Lipinski definition) is 3. The Morgan fingerprint density at radius 2 is 1.90 bits per heavy atom. The zero-order valence-corrected chi connectivity index (χ0v) is 13.8. The number of hydrogen-bond donors (Lipinski definition) is 0. The molecule has 0 spiro atoms. The molecule has 110 valence electrons. The van der Waals surface area contributed by atoms with Crippen LogP contribution in [0, 0.1) is 0 Å². The molecule has 3 nitrogen and oxygen atoms in total. The normalized spacial score (nSPS) is 10.5. The fourth-order valence-corrected chi connectivity index (χ4v) is 2.36. The second kappa shape index (κ2) is 6.76. The number of halogens is 1. The largest absolute Gasteiger partial charge is 0.490 e. The summed E-state index contributed by atoms with van der Waals surface area (Å²) in [6.45, 7) is 3.96. The maximum Gasteiger partial charge on any atom is 0.337 e. The van der Waals surface area contributed by atoms with Crippen LogP contribution in [0.25, 0.3) is 11.1 Å². The molecule has 2 aromatic rings. The molecule has 0 aliphatic carbocycles. The minimum absolute atomic E-state index is 0.0711. The number of carbonyl (C=O) groups excluding carboxylic acids is 1. The third-order valence-electron chi connectivity index (χ3n) is 2.90. The lowest BCUT2D eigenvalue weighted by Gasteiger charge is -2.15. The molecule has 0 amide bonds. The molecular weight excluding hydrogens is 332 g/mol. The summed E-state index contributed by atoms with van der Waals surface area (Å²) < 4.78 is 11.6. The molecule has 0 heterocycles. The SMILES string of the molecule is COC(=O)c1cccc(-c2ccc(Br)cc2OC(C)C)c1. The van der Waals surface area contributed by atoms with Gasteiger partial charge in [-0.2, -0.15) is 0 Å². The molecule has 0 aromatic heterocycles. The average Bonchev–Trinajstić information content (AvgIpc) is 2.46. The van der Waals surface area contributed by atoms with E-state index in [2.05, 4.69) is 15.9 Å². The van der Waals surface area contributed by atoms with Crippen molar-refractivity contribution >= 4 is 21.9 Å². The van der Waals surface area contributed by atoms with Crippen LogP contribution in [0.15, 0.2) is 46.9 Å². The number of esters is 1. The van der Waals surface area contributed by atoms with E-state index in [1.165, 1.54) is 7.11 Å². The van der Waals surface area contributed by atoms with E-state index in [-0.39, 0.29) is 12.1 Å². The predicted octanol–water partition coefficient (Wildman–Crippen LogP) is 4.69. The smallest absolute Gasteiger partial charge is 0.337 e. The summed E-state index contributed by atoms with van der Waals surface area (Å²) in [5, 5.41) is 0. The van der Waals surface area contributed by atoms with Crippen molar-refractivity contribution in [3.05, 3.63) is 52.5 Å². The van der Waals surface area contributed by atoms with Gasteiger partial charge in [-0.05, 0) is 49.7 Å². The molecule has 0 bridgehead atoms. The Hall–Kier alpha value is -1.81. The molecule has 0 atom stereocenters. The maximum absolute atomic E-state index is 11.7. The van der Waals surface area contributed by atoms with Crippen molar-refractivity contribution in [1.82, 2.24) is 0 Å². The molecule has 2 rings (SSSR count). The van der Waals surface area contributed by atoms with E-state index in [1.807, 2.05) is 50.2 Å². The summed E-state index contributed by atoms with van der Waals surface area (Å²) in [4.78, 5) is 11.7. The van der Waals surface area contributed by atoms with Crippen molar-refractivity contribution in [2.24, 2.45) is 0 Å². The molecular formula is C17H17BrO3. The Bertz CT molecular complexity index is 650. The lowest BCUT2D eigenvalue weighted by molar-refractivity contribution is 0.0601. The monoisotopic (exact) mass is 348 g/mol.